The van der Waals surface area contributed by atoms with Gasteiger partial charge in [0.2, 0.25) is 5.36 Å². The molecule has 29 heavy (non-hydrogen) atoms. The topological polar surface area (TPSA) is 19.1 Å². The molecule has 1 aromatic rings. The van der Waals surface area contributed by atoms with Crippen molar-refractivity contribution in [2.24, 2.45) is 0 Å². The Morgan fingerprint density at radius 1 is 1.00 bits per heavy atom. The zero-order chi connectivity index (χ0) is 19.8. The van der Waals surface area contributed by atoms with Crippen molar-refractivity contribution < 1.29 is 0 Å². The summed E-state index contributed by atoms with van der Waals surface area (Å²) in [6.45, 7) is 9.09. The molecule has 0 N–H and O–H groups in total. The van der Waals surface area contributed by atoms with Gasteiger partial charge in [0.1, 0.15) is 0 Å². The lowest BCUT2D eigenvalue weighted by atomic mass is 10.1. The largest absolute Gasteiger partial charge is 0.370 e. The van der Waals surface area contributed by atoms with E-state index in [1.807, 2.05) is 11.3 Å². The molecule has 3 aliphatic heterocycles. The number of rotatable bonds is 2. The van der Waals surface area contributed by atoms with Crippen LogP contribution >= 0.6 is 34.9 Å². The van der Waals surface area contributed by atoms with E-state index in [1.54, 1.807) is 0 Å². The molecule has 0 unspecified atom stereocenters. The normalized spacial score (nSPS) is 18.0. The third-order valence-corrected chi connectivity index (χ3v) is 8.91. The zero-order valence-electron chi connectivity index (χ0n) is 17.2. The van der Waals surface area contributed by atoms with Crippen LogP contribution < -0.4 is 14.8 Å². The van der Waals surface area contributed by atoms with Crippen LogP contribution in [0.1, 0.15) is 18.1 Å². The minimum Gasteiger partial charge on any atom is -0.370 e. The van der Waals surface area contributed by atoms with E-state index in [2.05, 4.69) is 71.1 Å². The van der Waals surface area contributed by atoms with Gasteiger partial charge < -0.3 is 4.90 Å². The van der Waals surface area contributed by atoms with E-state index < -0.39 is 0 Å². The quantitative estimate of drug-likeness (QED) is 0.434. The fourth-order valence-electron chi connectivity index (χ4n) is 4.31. The van der Waals surface area contributed by atoms with Gasteiger partial charge in [-0.3, -0.25) is 0 Å². The predicted molar refractivity (Wildman–Crippen MR) is 132 cm³/mol. The van der Waals surface area contributed by atoms with Crippen molar-refractivity contribution >= 4 is 50.8 Å². The Morgan fingerprint density at radius 2 is 1.76 bits per heavy atom. The summed E-state index contributed by atoms with van der Waals surface area (Å²) in [7, 11) is 0. The summed E-state index contributed by atoms with van der Waals surface area (Å²) in [6.07, 6.45) is 1.03. The van der Waals surface area contributed by atoms with Gasteiger partial charge in [0.05, 0.1) is 32.3 Å². The minimum atomic E-state index is 1.03. The number of aryl methyl sites for hydroxylation is 2. The summed E-state index contributed by atoms with van der Waals surface area (Å²) in [5, 5.41) is 1.38. The summed E-state index contributed by atoms with van der Waals surface area (Å²) < 4.78 is 3.87. The minimum absolute atomic E-state index is 1.03. The Balaban J connectivity index is 1.69. The Labute approximate surface area is 185 Å². The highest BCUT2D eigenvalue weighted by Gasteiger charge is 2.19. The molecule has 0 aromatic heterocycles. The maximum absolute atomic E-state index is 5.19. The monoisotopic (exact) mass is 442 g/mol. The second kappa shape index (κ2) is 8.48. The average molecular weight is 443 g/mol. The number of nitrogens with zero attached hydrogens (tertiary/aromatic N) is 3. The number of thioether (sulfide) groups is 2. The number of hydrogen-bond acceptors (Lipinski definition) is 5. The van der Waals surface area contributed by atoms with Crippen molar-refractivity contribution in [3.05, 3.63) is 40.7 Å². The highest BCUT2D eigenvalue weighted by atomic mass is 32.2. The number of benzene rings is 2. The maximum Gasteiger partial charge on any atom is 0.201 e. The highest BCUT2D eigenvalue weighted by Crippen LogP contribution is 2.36. The zero-order valence-corrected chi connectivity index (χ0v) is 19.7. The molecule has 0 atom stereocenters. The third kappa shape index (κ3) is 3.91. The van der Waals surface area contributed by atoms with Crippen molar-refractivity contribution in [3.63, 3.8) is 0 Å². The number of fused-ring (bicyclic) bond motifs is 2. The molecule has 0 amide bonds. The van der Waals surface area contributed by atoms with Crippen LogP contribution in [0.25, 0.3) is 20.8 Å². The van der Waals surface area contributed by atoms with Crippen molar-refractivity contribution in [1.82, 2.24) is 9.56 Å². The van der Waals surface area contributed by atoms with Crippen LogP contribution in [0.5, 0.6) is 0 Å². The van der Waals surface area contributed by atoms with Gasteiger partial charge in [0.15, 0.2) is 13.1 Å². The highest BCUT2D eigenvalue weighted by molar-refractivity contribution is 7.99. The Kier molecular flexibility index (Phi) is 5.76. The molecule has 152 valence electrons. The lowest BCUT2D eigenvalue weighted by molar-refractivity contribution is 0.622. The van der Waals surface area contributed by atoms with Gasteiger partial charge >= 0.3 is 0 Å². The van der Waals surface area contributed by atoms with Crippen LogP contribution in [0.2, 0.25) is 0 Å². The molecule has 3 heterocycles. The number of hydrogen-bond donors (Lipinski definition) is 0. The second-order valence-corrected chi connectivity index (χ2v) is 11.4. The first-order chi connectivity index (χ1) is 14.2. The molecule has 0 saturated carbocycles. The van der Waals surface area contributed by atoms with Gasteiger partial charge in [-0.05, 0) is 36.6 Å². The molecule has 0 bridgehead atoms. The molecule has 6 heteroatoms. The first kappa shape index (κ1) is 19.7. The summed E-state index contributed by atoms with van der Waals surface area (Å²) >= 11 is 6.06. The Morgan fingerprint density at radius 3 is 2.52 bits per heavy atom. The summed E-state index contributed by atoms with van der Waals surface area (Å²) in [6, 6.07) is 9.50. The van der Waals surface area contributed by atoms with Gasteiger partial charge in [-0.25, -0.2) is 9.56 Å². The predicted octanol–water partition coefficient (Wildman–Crippen LogP) is 4.34. The molecular weight excluding hydrogens is 414 g/mol. The van der Waals surface area contributed by atoms with Crippen LogP contribution in [0.4, 0.5) is 5.69 Å². The van der Waals surface area contributed by atoms with E-state index in [-0.39, 0.29) is 0 Å². The van der Waals surface area contributed by atoms with E-state index in [0.717, 1.165) is 32.6 Å². The van der Waals surface area contributed by atoms with Crippen molar-refractivity contribution in [2.45, 2.75) is 20.3 Å². The lowest BCUT2D eigenvalue weighted by Gasteiger charge is -2.29. The molecule has 2 saturated heterocycles. The average Bonchev–Trinajstić information content (AvgIpc) is 2.78. The van der Waals surface area contributed by atoms with Gasteiger partial charge in [-0.15, -0.1) is 23.1 Å². The summed E-state index contributed by atoms with van der Waals surface area (Å²) in [5.41, 5.74) is 6.42. The first-order valence-electron chi connectivity index (χ1n) is 10.6. The molecule has 2 fully saturated rings. The van der Waals surface area contributed by atoms with E-state index in [0.29, 0.717) is 0 Å². The molecule has 1 aliphatic carbocycles. The van der Waals surface area contributed by atoms with Crippen molar-refractivity contribution in [1.29, 1.82) is 0 Å². The Bertz CT molecular complexity index is 1070. The first-order valence-corrected chi connectivity index (χ1v) is 13.7. The van der Waals surface area contributed by atoms with E-state index in [9.17, 15) is 0 Å². The van der Waals surface area contributed by atoms with Gasteiger partial charge in [-0.2, -0.15) is 11.8 Å². The van der Waals surface area contributed by atoms with E-state index in [1.165, 1.54) is 66.0 Å². The third-order valence-electron chi connectivity index (χ3n) is 5.97. The van der Waals surface area contributed by atoms with E-state index in [4.69, 9.17) is 4.98 Å². The molecule has 0 spiro atoms. The maximum atomic E-state index is 5.19. The van der Waals surface area contributed by atoms with Crippen LogP contribution in [0.15, 0.2) is 24.3 Å². The molecule has 3 nitrogen and oxygen atoms in total. The lowest BCUT2D eigenvalue weighted by Crippen LogP contribution is -2.37. The molecular formula is C23H28N3S3+. The van der Waals surface area contributed by atoms with Crippen LogP contribution in [0.3, 0.4) is 0 Å². The number of anilines is 1. The molecule has 5 rings (SSSR count). The SMILES string of the molecule is CCc1cc(=[N+]2CCSCC2)cc2sc3cc(N4CCSCC4)cc(C)c3nc1-2. The van der Waals surface area contributed by atoms with Gasteiger partial charge in [0, 0.05) is 42.4 Å². The van der Waals surface area contributed by atoms with Crippen LogP contribution in [-0.4, -0.2) is 54.2 Å². The summed E-state index contributed by atoms with van der Waals surface area (Å²) in [5.74, 6) is 4.92. The smallest absolute Gasteiger partial charge is 0.201 e. The van der Waals surface area contributed by atoms with Crippen molar-refractivity contribution in [2.75, 3.05) is 54.1 Å². The Hall–Kier alpha value is -1.24. The molecule has 4 aliphatic rings. The summed E-state index contributed by atoms with van der Waals surface area (Å²) in [4.78, 5) is 9.06. The van der Waals surface area contributed by atoms with Crippen LogP contribution in [0, 0.1) is 6.92 Å². The van der Waals surface area contributed by atoms with E-state index >= 15 is 0 Å². The van der Waals surface area contributed by atoms with Gasteiger partial charge in [0.25, 0.3) is 0 Å². The van der Waals surface area contributed by atoms with Crippen molar-refractivity contribution in [3.8, 4) is 10.6 Å². The molecule has 1 aromatic carbocycles. The van der Waals surface area contributed by atoms with Crippen LogP contribution in [-0.2, 0) is 6.42 Å². The number of aromatic nitrogens is 1. The second-order valence-electron chi connectivity index (χ2n) is 7.83. The standard InChI is InChI=1S/C23H28N3S3/c1-3-17-13-19(26-6-10-28-11-7-26)15-21-23(17)24-22-16(2)12-18(14-20(22)29-21)25-4-8-27-9-5-25/h12-15H,3-11H2,1-2H3/q+1. The fraction of sp³-hybridized carbons (Fsp3) is 0.478. The fourth-order valence-corrected chi connectivity index (χ4v) is 7.29. The van der Waals surface area contributed by atoms with Gasteiger partial charge in [-0.1, -0.05) is 6.92 Å². The molecule has 0 radical (unpaired) electrons.